The van der Waals surface area contributed by atoms with E-state index in [-0.39, 0.29) is 0 Å². The molecule has 2 heteroatoms. The highest BCUT2D eigenvalue weighted by Crippen LogP contribution is 2.42. The van der Waals surface area contributed by atoms with Crippen LogP contribution in [0.5, 0.6) is 0 Å². The van der Waals surface area contributed by atoms with Crippen LogP contribution in [0.3, 0.4) is 0 Å². The molecular weight excluding hydrogens is 412 g/mol. The molecular formula is C30H19ClO. The third-order valence-corrected chi connectivity index (χ3v) is 6.17. The van der Waals surface area contributed by atoms with Crippen LogP contribution in [-0.2, 0) is 0 Å². The number of benzene rings is 5. The van der Waals surface area contributed by atoms with Gasteiger partial charge in [-0.3, -0.25) is 0 Å². The minimum Gasteiger partial charge on any atom is -0.456 e. The molecule has 1 nitrogen and oxygen atoms in total. The maximum Gasteiger partial charge on any atom is 0.137 e. The molecule has 1 heterocycles. The van der Waals surface area contributed by atoms with Crippen LogP contribution in [0.4, 0.5) is 0 Å². The van der Waals surface area contributed by atoms with Crippen molar-refractivity contribution in [3.8, 4) is 33.4 Å². The van der Waals surface area contributed by atoms with Crippen molar-refractivity contribution in [2.75, 3.05) is 0 Å². The molecule has 6 aromatic rings. The minimum atomic E-state index is 0.665. The fourth-order valence-electron chi connectivity index (χ4n) is 4.48. The Hall–Kier alpha value is -3.81. The molecule has 6 rings (SSSR count). The Morgan fingerprint density at radius 3 is 1.88 bits per heavy atom. The van der Waals surface area contributed by atoms with Gasteiger partial charge in [0.05, 0.1) is 0 Å². The normalized spacial score (nSPS) is 11.3. The van der Waals surface area contributed by atoms with Crippen LogP contribution in [0.1, 0.15) is 0 Å². The summed E-state index contributed by atoms with van der Waals surface area (Å²) >= 11 is 6.57. The smallest absolute Gasteiger partial charge is 0.137 e. The number of fused-ring (bicyclic) bond motifs is 3. The van der Waals surface area contributed by atoms with Crippen molar-refractivity contribution in [3.05, 3.63) is 120 Å². The molecule has 0 unspecified atom stereocenters. The molecule has 0 fully saturated rings. The number of halogens is 1. The minimum absolute atomic E-state index is 0.665. The molecule has 0 aliphatic carbocycles. The molecule has 0 amide bonds. The van der Waals surface area contributed by atoms with E-state index in [2.05, 4.69) is 91.0 Å². The molecule has 0 atom stereocenters. The van der Waals surface area contributed by atoms with Gasteiger partial charge in [0.25, 0.3) is 0 Å². The molecule has 0 bridgehead atoms. The van der Waals surface area contributed by atoms with E-state index >= 15 is 0 Å². The summed E-state index contributed by atoms with van der Waals surface area (Å²) < 4.78 is 6.32. The van der Waals surface area contributed by atoms with E-state index < -0.39 is 0 Å². The van der Waals surface area contributed by atoms with Gasteiger partial charge in [-0.15, -0.1) is 0 Å². The third kappa shape index (κ3) is 3.19. The van der Waals surface area contributed by atoms with Gasteiger partial charge in [-0.25, -0.2) is 0 Å². The first-order valence-corrected chi connectivity index (χ1v) is 11.0. The first-order chi connectivity index (χ1) is 15.8. The summed E-state index contributed by atoms with van der Waals surface area (Å²) in [6, 6.07) is 39.7. The predicted octanol–water partition coefficient (Wildman–Crippen LogP) is 9.24. The average Bonchev–Trinajstić information content (AvgIpc) is 3.22. The second kappa shape index (κ2) is 7.71. The molecule has 0 spiro atoms. The monoisotopic (exact) mass is 430 g/mol. The molecule has 0 saturated heterocycles. The maximum absolute atomic E-state index is 6.57. The Bertz CT molecular complexity index is 1560. The predicted molar refractivity (Wildman–Crippen MR) is 135 cm³/mol. The highest BCUT2D eigenvalue weighted by atomic mass is 35.5. The summed E-state index contributed by atoms with van der Waals surface area (Å²) in [6.07, 6.45) is 0. The van der Waals surface area contributed by atoms with Crippen LogP contribution < -0.4 is 0 Å². The summed E-state index contributed by atoms with van der Waals surface area (Å²) in [7, 11) is 0. The van der Waals surface area contributed by atoms with Gasteiger partial charge in [0, 0.05) is 21.9 Å². The van der Waals surface area contributed by atoms with Crippen molar-refractivity contribution in [2.45, 2.75) is 0 Å². The molecule has 152 valence electrons. The summed E-state index contributed by atoms with van der Waals surface area (Å²) in [5.41, 5.74) is 8.54. The van der Waals surface area contributed by atoms with Gasteiger partial charge in [0.1, 0.15) is 11.2 Å². The Morgan fingerprint density at radius 1 is 0.469 bits per heavy atom. The number of hydrogen-bond acceptors (Lipinski definition) is 1. The van der Waals surface area contributed by atoms with Gasteiger partial charge in [0.2, 0.25) is 0 Å². The largest absolute Gasteiger partial charge is 0.456 e. The van der Waals surface area contributed by atoms with E-state index in [4.69, 9.17) is 16.0 Å². The van der Waals surface area contributed by atoms with Crippen LogP contribution >= 0.6 is 11.6 Å². The number of hydrogen-bond donors (Lipinski definition) is 0. The molecule has 0 aliphatic heterocycles. The fraction of sp³-hybridized carbons (Fsp3) is 0. The summed E-state index contributed by atoms with van der Waals surface area (Å²) in [6.45, 7) is 0. The molecule has 32 heavy (non-hydrogen) atoms. The maximum atomic E-state index is 6.57. The van der Waals surface area contributed by atoms with E-state index in [1.54, 1.807) is 0 Å². The molecule has 0 saturated carbocycles. The SMILES string of the molecule is Clc1cc(-c2ccccc2-c2ccccc2)c2c(c1)oc1cc(-c3ccccc3)ccc12. The van der Waals surface area contributed by atoms with Gasteiger partial charge in [-0.05, 0) is 51.6 Å². The van der Waals surface area contributed by atoms with E-state index in [1.165, 1.54) is 16.7 Å². The Balaban J connectivity index is 1.62. The van der Waals surface area contributed by atoms with Gasteiger partial charge < -0.3 is 4.42 Å². The zero-order valence-corrected chi connectivity index (χ0v) is 18.0. The van der Waals surface area contributed by atoms with E-state index in [0.29, 0.717) is 5.02 Å². The van der Waals surface area contributed by atoms with Crippen LogP contribution in [0.15, 0.2) is 120 Å². The van der Waals surface area contributed by atoms with Gasteiger partial charge in [-0.1, -0.05) is 103 Å². The number of rotatable bonds is 3. The number of furan rings is 1. The van der Waals surface area contributed by atoms with E-state index in [1.807, 2.05) is 24.3 Å². The summed E-state index contributed by atoms with van der Waals surface area (Å²) in [4.78, 5) is 0. The summed E-state index contributed by atoms with van der Waals surface area (Å²) in [5, 5.41) is 2.85. The molecule has 5 aromatic carbocycles. The van der Waals surface area contributed by atoms with Crippen LogP contribution in [0, 0.1) is 0 Å². The Labute approximate surface area is 191 Å². The molecule has 1 aromatic heterocycles. The van der Waals surface area contributed by atoms with Crippen molar-refractivity contribution < 1.29 is 4.42 Å². The highest BCUT2D eigenvalue weighted by molar-refractivity contribution is 6.32. The van der Waals surface area contributed by atoms with Crippen molar-refractivity contribution in [1.82, 2.24) is 0 Å². The first kappa shape index (κ1) is 18.9. The zero-order chi connectivity index (χ0) is 21.5. The Morgan fingerprint density at radius 2 is 1.12 bits per heavy atom. The lowest BCUT2D eigenvalue weighted by molar-refractivity contribution is 0.669. The molecule has 0 radical (unpaired) electrons. The molecule has 0 N–H and O–H groups in total. The average molecular weight is 431 g/mol. The van der Waals surface area contributed by atoms with E-state index in [0.717, 1.165) is 38.6 Å². The lowest BCUT2D eigenvalue weighted by Crippen LogP contribution is -1.86. The zero-order valence-electron chi connectivity index (χ0n) is 17.3. The topological polar surface area (TPSA) is 13.1 Å². The van der Waals surface area contributed by atoms with Crippen LogP contribution in [0.25, 0.3) is 55.3 Å². The second-order valence-corrected chi connectivity index (χ2v) is 8.35. The fourth-order valence-corrected chi connectivity index (χ4v) is 4.69. The van der Waals surface area contributed by atoms with Crippen LogP contribution in [-0.4, -0.2) is 0 Å². The quantitative estimate of drug-likeness (QED) is 0.272. The Kier molecular flexibility index (Phi) is 4.56. The van der Waals surface area contributed by atoms with Crippen molar-refractivity contribution in [1.29, 1.82) is 0 Å². The van der Waals surface area contributed by atoms with Gasteiger partial charge >= 0.3 is 0 Å². The first-order valence-electron chi connectivity index (χ1n) is 10.6. The third-order valence-electron chi connectivity index (χ3n) is 5.95. The standard InChI is InChI=1S/C30H19ClO/c31-23-18-27(25-14-8-7-13-24(25)21-11-5-2-6-12-21)30-26-16-15-22(20-9-3-1-4-10-20)17-28(26)32-29(30)19-23/h1-19H. The van der Waals surface area contributed by atoms with Crippen molar-refractivity contribution in [3.63, 3.8) is 0 Å². The lowest BCUT2D eigenvalue weighted by Gasteiger charge is -2.12. The van der Waals surface area contributed by atoms with E-state index in [9.17, 15) is 0 Å². The molecule has 0 aliphatic rings. The second-order valence-electron chi connectivity index (χ2n) is 7.92. The van der Waals surface area contributed by atoms with Crippen molar-refractivity contribution >= 4 is 33.5 Å². The van der Waals surface area contributed by atoms with Crippen LogP contribution in [0.2, 0.25) is 5.02 Å². The van der Waals surface area contributed by atoms with Gasteiger partial charge in [-0.2, -0.15) is 0 Å². The van der Waals surface area contributed by atoms with Crippen molar-refractivity contribution in [2.24, 2.45) is 0 Å². The highest BCUT2D eigenvalue weighted by Gasteiger charge is 2.17. The summed E-state index contributed by atoms with van der Waals surface area (Å²) in [5.74, 6) is 0. The lowest BCUT2D eigenvalue weighted by atomic mass is 9.92. The van der Waals surface area contributed by atoms with Gasteiger partial charge in [0.15, 0.2) is 0 Å².